The minimum absolute atomic E-state index is 0.0159. The quantitative estimate of drug-likeness (QED) is 0.425. The van der Waals surface area contributed by atoms with E-state index < -0.39 is 11.9 Å². The summed E-state index contributed by atoms with van der Waals surface area (Å²) >= 11 is 0. The third-order valence-electron chi connectivity index (χ3n) is 4.41. The topological polar surface area (TPSA) is 143 Å². The number of hydrogen-bond donors (Lipinski definition) is 4. The van der Waals surface area contributed by atoms with E-state index in [-0.39, 0.29) is 24.8 Å². The molecule has 10 nitrogen and oxygen atoms in total. The van der Waals surface area contributed by atoms with Gasteiger partial charge >= 0.3 is 5.97 Å². The van der Waals surface area contributed by atoms with Crippen LogP contribution < -0.4 is 5.48 Å². The Morgan fingerprint density at radius 1 is 1.39 bits per heavy atom. The van der Waals surface area contributed by atoms with E-state index in [0.717, 1.165) is 11.0 Å². The van der Waals surface area contributed by atoms with Crippen LogP contribution in [0, 0.1) is 5.92 Å². The lowest BCUT2D eigenvalue weighted by Crippen LogP contribution is -2.27. The maximum Gasteiger partial charge on any atom is 0.307 e. The molecule has 0 spiro atoms. The van der Waals surface area contributed by atoms with E-state index in [0.29, 0.717) is 23.6 Å². The summed E-state index contributed by atoms with van der Waals surface area (Å²) in [5.41, 5.74) is 4.43. The molecule has 0 bridgehead atoms. The first-order chi connectivity index (χ1) is 13.4. The molecule has 28 heavy (non-hydrogen) atoms. The van der Waals surface area contributed by atoms with Gasteiger partial charge in [-0.3, -0.25) is 19.8 Å². The van der Waals surface area contributed by atoms with Gasteiger partial charge in [-0.05, 0) is 29.7 Å². The number of carbonyl (C=O) groups is 2. The number of aromatic nitrogens is 2. The highest BCUT2D eigenvalue weighted by atomic mass is 16.5. The monoisotopic (exact) mass is 386 g/mol. The lowest BCUT2D eigenvalue weighted by Gasteiger charge is -2.26. The third kappa shape index (κ3) is 4.34. The third-order valence-corrected chi connectivity index (χ3v) is 4.41. The van der Waals surface area contributed by atoms with Crippen molar-refractivity contribution < 1.29 is 19.9 Å². The Kier molecular flexibility index (Phi) is 5.69. The lowest BCUT2D eigenvalue weighted by atomic mass is 10.0. The maximum atomic E-state index is 11.2. The van der Waals surface area contributed by atoms with Crippen molar-refractivity contribution in [1.82, 2.24) is 20.5 Å². The average Bonchev–Trinajstić information content (AvgIpc) is 3.25. The lowest BCUT2D eigenvalue weighted by molar-refractivity contribution is -0.136. The number of carboxylic acid groups (broad SMARTS) is 1. The zero-order valence-electron chi connectivity index (χ0n) is 15.6. The molecule has 0 fully saturated rings. The summed E-state index contributed by atoms with van der Waals surface area (Å²) in [4.78, 5) is 30.0. The number of fused-ring (bicyclic) bond motifs is 1. The molecule has 1 amide bonds. The minimum atomic E-state index is -0.883. The van der Waals surface area contributed by atoms with Gasteiger partial charge in [0.1, 0.15) is 11.9 Å². The van der Waals surface area contributed by atoms with Crippen molar-refractivity contribution >= 4 is 22.9 Å². The second kappa shape index (κ2) is 8.17. The Hall–Kier alpha value is -3.27. The first-order valence-electron chi connectivity index (χ1n) is 8.88. The number of hydroxylamine groups is 1. The molecule has 3 rings (SSSR count). The largest absolute Gasteiger partial charge is 0.481 e. The highest BCUT2D eigenvalue weighted by Gasteiger charge is 2.29. The van der Waals surface area contributed by atoms with Crippen LogP contribution in [0.5, 0.6) is 0 Å². The number of carboxylic acids is 1. The van der Waals surface area contributed by atoms with Crippen LogP contribution in [0.3, 0.4) is 0 Å². The second-order valence-corrected chi connectivity index (χ2v) is 6.95. The van der Waals surface area contributed by atoms with Crippen LogP contribution in [0.2, 0.25) is 0 Å². The summed E-state index contributed by atoms with van der Waals surface area (Å²) in [6, 6.07) is 5.18. The van der Waals surface area contributed by atoms with Crippen molar-refractivity contribution in [2.45, 2.75) is 32.7 Å². The van der Waals surface area contributed by atoms with Gasteiger partial charge in [-0.1, -0.05) is 25.1 Å². The predicted octanol–water partition coefficient (Wildman–Crippen LogP) is 2.35. The summed E-state index contributed by atoms with van der Waals surface area (Å²) in [7, 11) is 0. The van der Waals surface area contributed by atoms with Gasteiger partial charge in [0.2, 0.25) is 5.91 Å². The van der Waals surface area contributed by atoms with Crippen molar-refractivity contribution in [3.05, 3.63) is 41.4 Å². The molecule has 2 aromatic rings. The average molecular weight is 386 g/mol. The maximum absolute atomic E-state index is 11.2. The van der Waals surface area contributed by atoms with Gasteiger partial charge in [-0.2, -0.15) is 0 Å². The van der Waals surface area contributed by atoms with Crippen molar-refractivity contribution in [3.63, 3.8) is 0 Å². The Labute approximate surface area is 160 Å². The summed E-state index contributed by atoms with van der Waals surface area (Å²) in [6.45, 7) is 4.51. The van der Waals surface area contributed by atoms with E-state index in [2.05, 4.69) is 20.3 Å². The number of imidazole rings is 1. The number of aromatic amines is 1. The van der Waals surface area contributed by atoms with Crippen LogP contribution in [0.4, 0.5) is 0 Å². The standard InChI is InChI=1S/C18H22N6O4/c1-10(2)17(24-9-12(21-23-24)4-6-15(25)22-28)18-19-13-5-3-11(8-16(26)27)7-14(13)20-18/h3-5,7,10,17,28H,6,8-9H2,1-2H3,(H,19,20)(H,22,25)(H,26,27)/b12-4-. The van der Waals surface area contributed by atoms with Crippen LogP contribution >= 0.6 is 0 Å². The van der Waals surface area contributed by atoms with Gasteiger partial charge in [-0.25, -0.2) is 10.5 Å². The number of benzene rings is 1. The molecule has 1 aliphatic rings. The number of carbonyl (C=O) groups excluding carboxylic acids is 1. The van der Waals surface area contributed by atoms with Gasteiger partial charge < -0.3 is 10.1 Å². The molecular formula is C18H22N6O4. The van der Waals surface area contributed by atoms with E-state index in [1.807, 2.05) is 13.8 Å². The van der Waals surface area contributed by atoms with Crippen molar-refractivity contribution in [2.24, 2.45) is 16.3 Å². The van der Waals surface area contributed by atoms with Crippen molar-refractivity contribution in [1.29, 1.82) is 0 Å². The van der Waals surface area contributed by atoms with Gasteiger partial charge in [0.25, 0.3) is 0 Å². The number of nitrogens with zero attached hydrogens (tertiary/aromatic N) is 4. The molecule has 148 valence electrons. The van der Waals surface area contributed by atoms with E-state index in [9.17, 15) is 9.59 Å². The molecule has 1 unspecified atom stereocenters. The van der Waals surface area contributed by atoms with E-state index in [1.165, 1.54) is 0 Å². The minimum Gasteiger partial charge on any atom is -0.481 e. The molecule has 0 saturated heterocycles. The zero-order valence-corrected chi connectivity index (χ0v) is 15.6. The molecule has 2 heterocycles. The Balaban J connectivity index is 1.82. The first-order valence-corrected chi connectivity index (χ1v) is 8.88. The smallest absolute Gasteiger partial charge is 0.307 e. The Morgan fingerprint density at radius 3 is 2.86 bits per heavy atom. The van der Waals surface area contributed by atoms with Gasteiger partial charge in [0.15, 0.2) is 0 Å². The number of hydrogen-bond acceptors (Lipinski definition) is 7. The molecule has 0 saturated carbocycles. The number of H-pyrrole nitrogens is 1. The molecule has 1 aromatic heterocycles. The number of rotatable bonds is 7. The predicted molar refractivity (Wildman–Crippen MR) is 99.2 cm³/mol. The van der Waals surface area contributed by atoms with Gasteiger partial charge in [-0.15, -0.1) is 5.11 Å². The molecule has 1 aliphatic heterocycles. The summed E-state index contributed by atoms with van der Waals surface area (Å²) in [5, 5.41) is 27.6. The van der Waals surface area contributed by atoms with Crippen LogP contribution in [-0.4, -0.2) is 43.7 Å². The number of nitrogens with one attached hydrogen (secondary N) is 2. The molecule has 4 N–H and O–H groups in total. The fourth-order valence-corrected chi connectivity index (χ4v) is 3.16. The van der Waals surface area contributed by atoms with E-state index >= 15 is 0 Å². The van der Waals surface area contributed by atoms with Crippen molar-refractivity contribution in [2.75, 3.05) is 6.54 Å². The van der Waals surface area contributed by atoms with Crippen LogP contribution in [0.25, 0.3) is 11.0 Å². The molecule has 1 aromatic carbocycles. The fraction of sp³-hybridized carbons (Fsp3) is 0.389. The Morgan fingerprint density at radius 2 is 2.18 bits per heavy atom. The van der Waals surface area contributed by atoms with Crippen LogP contribution in [-0.2, 0) is 16.0 Å². The fourth-order valence-electron chi connectivity index (χ4n) is 3.16. The molecule has 1 atom stereocenters. The van der Waals surface area contributed by atoms with E-state index in [4.69, 9.17) is 10.3 Å². The zero-order chi connectivity index (χ0) is 20.3. The molecule has 10 heteroatoms. The second-order valence-electron chi connectivity index (χ2n) is 6.95. The molecular weight excluding hydrogens is 364 g/mol. The van der Waals surface area contributed by atoms with Gasteiger partial charge in [0, 0.05) is 6.42 Å². The number of aliphatic carboxylic acids is 1. The van der Waals surface area contributed by atoms with Crippen molar-refractivity contribution in [3.8, 4) is 0 Å². The highest BCUT2D eigenvalue weighted by molar-refractivity contribution is 5.78. The Bertz CT molecular complexity index is 949. The summed E-state index contributed by atoms with van der Waals surface area (Å²) < 4.78 is 0. The molecule has 0 radical (unpaired) electrons. The van der Waals surface area contributed by atoms with Crippen LogP contribution in [0.15, 0.2) is 40.3 Å². The highest BCUT2D eigenvalue weighted by Crippen LogP contribution is 2.32. The first kappa shape index (κ1) is 19.5. The summed E-state index contributed by atoms with van der Waals surface area (Å²) in [5.74, 6) is -0.523. The summed E-state index contributed by atoms with van der Waals surface area (Å²) in [6.07, 6.45) is 1.58. The normalized spacial score (nSPS) is 16.3. The molecule has 0 aliphatic carbocycles. The van der Waals surface area contributed by atoms with Gasteiger partial charge in [0.05, 0.1) is 29.7 Å². The van der Waals surface area contributed by atoms with E-state index in [1.54, 1.807) is 34.8 Å². The van der Waals surface area contributed by atoms with Crippen LogP contribution in [0.1, 0.15) is 37.7 Å². The number of amides is 1. The SMILES string of the molecule is CC(C)C(c1nc2ccc(CC(=O)O)cc2[nH]1)N1C/C(=C/CC(=O)NO)N=N1.